The van der Waals surface area contributed by atoms with Gasteiger partial charge in [-0.2, -0.15) is 4.98 Å². The van der Waals surface area contributed by atoms with Crippen molar-refractivity contribution >= 4 is 38.7 Å². The Labute approximate surface area is 147 Å². The second-order valence-corrected chi connectivity index (χ2v) is 8.78. The highest BCUT2D eigenvalue weighted by atomic mass is 35.5. The number of nitrogens with one attached hydrogen (secondary N) is 2. The molecule has 8 heteroatoms. The smallest absolute Gasteiger partial charge is 0.295 e. The van der Waals surface area contributed by atoms with Crippen LogP contribution in [0.5, 0.6) is 0 Å². The number of sulfonamides is 1. The number of hydrogen-bond acceptors (Lipinski definition) is 5. The molecule has 132 valence electrons. The lowest BCUT2D eigenvalue weighted by Gasteiger charge is -2.28. The van der Waals surface area contributed by atoms with Crippen LogP contribution in [-0.2, 0) is 10.0 Å². The van der Waals surface area contributed by atoms with Crippen LogP contribution in [0.1, 0.15) is 32.6 Å². The highest BCUT2D eigenvalue weighted by molar-refractivity contribution is 7.89. The largest absolute Gasteiger partial charge is 0.424 e. The van der Waals surface area contributed by atoms with E-state index < -0.39 is 10.0 Å². The van der Waals surface area contributed by atoms with Gasteiger partial charge in [0, 0.05) is 17.6 Å². The van der Waals surface area contributed by atoms with E-state index in [1.54, 1.807) is 19.1 Å². The molecule has 0 aliphatic heterocycles. The number of benzene rings is 1. The second kappa shape index (κ2) is 7.29. The van der Waals surface area contributed by atoms with E-state index in [4.69, 9.17) is 16.0 Å². The van der Waals surface area contributed by atoms with Crippen molar-refractivity contribution in [3.8, 4) is 0 Å². The number of anilines is 1. The van der Waals surface area contributed by atoms with Crippen LogP contribution < -0.4 is 10.0 Å². The third-order valence-electron chi connectivity index (χ3n) is 4.50. The van der Waals surface area contributed by atoms with Gasteiger partial charge >= 0.3 is 0 Å². The third kappa shape index (κ3) is 4.40. The van der Waals surface area contributed by atoms with E-state index in [-0.39, 0.29) is 5.75 Å². The van der Waals surface area contributed by atoms with Crippen molar-refractivity contribution < 1.29 is 12.8 Å². The number of fused-ring (bicyclic) bond motifs is 1. The molecular weight excluding hydrogens is 350 g/mol. The fourth-order valence-corrected chi connectivity index (χ4v) is 3.85. The van der Waals surface area contributed by atoms with E-state index >= 15 is 0 Å². The van der Waals surface area contributed by atoms with Crippen molar-refractivity contribution in [3.05, 3.63) is 23.2 Å². The zero-order chi connectivity index (χ0) is 17.2. The lowest BCUT2D eigenvalue weighted by Crippen LogP contribution is -2.34. The van der Waals surface area contributed by atoms with Crippen molar-refractivity contribution in [3.63, 3.8) is 0 Å². The van der Waals surface area contributed by atoms with Gasteiger partial charge in [-0.1, -0.05) is 11.6 Å². The van der Waals surface area contributed by atoms with Gasteiger partial charge < -0.3 is 9.73 Å². The molecule has 2 N–H and O–H groups in total. The molecule has 0 saturated heterocycles. The predicted molar refractivity (Wildman–Crippen MR) is 95.9 cm³/mol. The Morgan fingerprint density at radius 2 is 2.04 bits per heavy atom. The first kappa shape index (κ1) is 17.5. The molecule has 0 atom stereocenters. The predicted octanol–water partition coefficient (Wildman–Crippen LogP) is 3.39. The molecule has 3 rings (SSSR count). The number of oxazole rings is 1. The van der Waals surface area contributed by atoms with Crippen molar-refractivity contribution in [2.45, 2.75) is 38.6 Å². The lowest BCUT2D eigenvalue weighted by atomic mass is 9.86. The second-order valence-electron chi connectivity index (χ2n) is 6.24. The maximum Gasteiger partial charge on any atom is 0.295 e. The first-order chi connectivity index (χ1) is 11.4. The fourth-order valence-electron chi connectivity index (χ4n) is 2.99. The molecule has 6 nitrogen and oxygen atoms in total. The number of nitrogens with zero attached hydrogens (tertiary/aromatic N) is 1. The normalized spacial score (nSPS) is 21.9. The van der Waals surface area contributed by atoms with Crippen LogP contribution in [0.4, 0.5) is 6.01 Å². The number of aromatic nitrogens is 1. The summed E-state index contributed by atoms with van der Waals surface area (Å²) in [6, 6.07) is 6.19. The van der Waals surface area contributed by atoms with Crippen molar-refractivity contribution in [1.82, 2.24) is 9.71 Å². The third-order valence-corrected chi connectivity index (χ3v) is 6.10. The number of rotatable bonds is 6. The summed E-state index contributed by atoms with van der Waals surface area (Å²) in [6.07, 6.45) is 3.90. The highest BCUT2D eigenvalue weighted by Crippen LogP contribution is 2.28. The van der Waals surface area contributed by atoms with E-state index in [1.807, 2.05) is 6.07 Å². The molecule has 0 radical (unpaired) electrons. The lowest BCUT2D eigenvalue weighted by molar-refractivity contribution is 0.334. The van der Waals surface area contributed by atoms with Crippen LogP contribution >= 0.6 is 11.6 Å². The first-order valence-electron chi connectivity index (χ1n) is 8.25. The molecule has 0 unspecified atom stereocenters. The molecule has 1 aliphatic rings. The van der Waals surface area contributed by atoms with Crippen LogP contribution in [0.3, 0.4) is 0 Å². The Morgan fingerprint density at radius 1 is 1.29 bits per heavy atom. The molecule has 2 aromatic rings. The molecule has 1 saturated carbocycles. The van der Waals surface area contributed by atoms with Crippen molar-refractivity contribution in [1.29, 1.82) is 0 Å². The number of halogens is 1. The summed E-state index contributed by atoms with van der Waals surface area (Å²) in [7, 11) is -3.10. The Hall–Kier alpha value is -1.31. The zero-order valence-electron chi connectivity index (χ0n) is 13.6. The van der Waals surface area contributed by atoms with E-state index in [2.05, 4.69) is 15.0 Å². The van der Waals surface area contributed by atoms with Crippen LogP contribution in [-0.4, -0.2) is 31.7 Å². The van der Waals surface area contributed by atoms with Gasteiger partial charge in [-0.25, -0.2) is 13.1 Å². The van der Waals surface area contributed by atoms with Crippen molar-refractivity contribution in [2.75, 3.05) is 17.6 Å². The zero-order valence-corrected chi connectivity index (χ0v) is 15.2. The molecule has 0 amide bonds. The standard InChI is InChI=1S/C16H22ClN3O3S/c1-2-24(21,22)18-10-11-3-6-13(7-4-11)19-16-20-14-9-12(17)5-8-15(14)23-16/h5,8-9,11,13,18H,2-4,6-7,10H2,1H3,(H,19,20)/t11-,13-. The van der Waals surface area contributed by atoms with Gasteiger partial charge in [-0.05, 0) is 56.7 Å². The summed E-state index contributed by atoms with van der Waals surface area (Å²) < 4.78 is 31.4. The maximum absolute atomic E-state index is 11.5. The number of hydrogen-bond donors (Lipinski definition) is 2. The quantitative estimate of drug-likeness (QED) is 0.813. The Bertz CT molecular complexity index is 798. The summed E-state index contributed by atoms with van der Waals surface area (Å²) in [4.78, 5) is 4.41. The minimum absolute atomic E-state index is 0.131. The molecule has 0 bridgehead atoms. The first-order valence-corrected chi connectivity index (χ1v) is 10.3. The van der Waals surface area contributed by atoms with Gasteiger partial charge in [0.15, 0.2) is 5.58 Å². The molecule has 1 aliphatic carbocycles. The van der Waals surface area contributed by atoms with E-state index in [9.17, 15) is 8.42 Å². The van der Waals surface area contributed by atoms with E-state index in [1.165, 1.54) is 0 Å². The highest BCUT2D eigenvalue weighted by Gasteiger charge is 2.23. The minimum atomic E-state index is -3.10. The van der Waals surface area contributed by atoms with Crippen LogP contribution in [0.25, 0.3) is 11.1 Å². The molecule has 1 aromatic carbocycles. The van der Waals surface area contributed by atoms with Gasteiger partial charge in [0.1, 0.15) is 5.52 Å². The molecule has 1 heterocycles. The molecular formula is C16H22ClN3O3S. The fraction of sp³-hybridized carbons (Fsp3) is 0.562. The van der Waals surface area contributed by atoms with Gasteiger partial charge in [-0.15, -0.1) is 0 Å². The summed E-state index contributed by atoms with van der Waals surface area (Å²) in [6.45, 7) is 2.18. The van der Waals surface area contributed by atoms with Gasteiger partial charge in [0.05, 0.1) is 5.75 Å². The van der Waals surface area contributed by atoms with E-state index in [0.29, 0.717) is 35.1 Å². The average Bonchev–Trinajstić information content (AvgIpc) is 2.95. The van der Waals surface area contributed by atoms with E-state index in [0.717, 1.165) is 31.2 Å². The minimum Gasteiger partial charge on any atom is -0.424 e. The molecule has 1 fully saturated rings. The van der Waals surface area contributed by atoms with Gasteiger partial charge in [-0.3, -0.25) is 0 Å². The Balaban J connectivity index is 1.51. The average molecular weight is 372 g/mol. The Kier molecular flexibility index (Phi) is 5.32. The van der Waals surface area contributed by atoms with Crippen LogP contribution in [0, 0.1) is 5.92 Å². The van der Waals surface area contributed by atoms with Gasteiger partial charge in [0.2, 0.25) is 10.0 Å². The SMILES string of the molecule is CCS(=O)(=O)NC[C@H]1CC[C@H](Nc2nc3cc(Cl)ccc3o2)CC1. The summed E-state index contributed by atoms with van der Waals surface area (Å²) in [5.74, 6) is 0.526. The van der Waals surface area contributed by atoms with Crippen molar-refractivity contribution in [2.24, 2.45) is 5.92 Å². The molecule has 24 heavy (non-hydrogen) atoms. The molecule has 0 spiro atoms. The van der Waals surface area contributed by atoms with Crippen LogP contribution in [0.2, 0.25) is 5.02 Å². The summed E-state index contributed by atoms with van der Waals surface area (Å²) >= 11 is 5.96. The topological polar surface area (TPSA) is 84.2 Å². The van der Waals surface area contributed by atoms with Crippen LogP contribution in [0.15, 0.2) is 22.6 Å². The van der Waals surface area contributed by atoms with Gasteiger partial charge in [0.25, 0.3) is 6.01 Å². The monoisotopic (exact) mass is 371 g/mol. The summed E-state index contributed by atoms with van der Waals surface area (Å²) in [5, 5.41) is 3.97. The summed E-state index contributed by atoms with van der Waals surface area (Å²) in [5.41, 5.74) is 1.46. The Morgan fingerprint density at radius 3 is 2.75 bits per heavy atom. The maximum atomic E-state index is 11.5. The molecule has 1 aromatic heterocycles.